The van der Waals surface area contributed by atoms with Crippen LogP contribution in [0.15, 0.2) is 22.7 Å². The van der Waals surface area contributed by atoms with Gasteiger partial charge in [-0.2, -0.15) is 0 Å². The molecule has 1 fully saturated rings. The molecule has 0 heterocycles. The summed E-state index contributed by atoms with van der Waals surface area (Å²) >= 11 is 3.64. The largest absolute Gasteiger partial charge is 0.494 e. The predicted molar refractivity (Wildman–Crippen MR) is 83.4 cm³/mol. The fourth-order valence-electron chi connectivity index (χ4n) is 2.93. The molecule has 0 amide bonds. The van der Waals surface area contributed by atoms with E-state index in [4.69, 9.17) is 10.5 Å². The monoisotopic (exact) mass is 325 g/mol. The lowest BCUT2D eigenvalue weighted by molar-refractivity contribution is 0.255. The van der Waals surface area contributed by atoms with Gasteiger partial charge in [-0.25, -0.2) is 0 Å². The zero-order valence-corrected chi connectivity index (χ0v) is 13.4. The summed E-state index contributed by atoms with van der Waals surface area (Å²) in [5.41, 5.74) is 7.68. The first-order valence-electron chi connectivity index (χ1n) is 7.29. The number of hydrogen-bond acceptors (Lipinski definition) is 2. The fraction of sp³-hybridized carbons (Fsp3) is 0.625. The van der Waals surface area contributed by atoms with Gasteiger partial charge in [0, 0.05) is 10.5 Å². The zero-order chi connectivity index (χ0) is 13.8. The molecule has 1 saturated carbocycles. The van der Waals surface area contributed by atoms with Crippen molar-refractivity contribution in [3.8, 4) is 5.75 Å². The minimum Gasteiger partial charge on any atom is -0.494 e. The molecule has 2 rings (SSSR count). The van der Waals surface area contributed by atoms with Crippen molar-refractivity contribution in [2.45, 2.75) is 45.6 Å². The van der Waals surface area contributed by atoms with E-state index in [0.717, 1.165) is 16.1 Å². The van der Waals surface area contributed by atoms with E-state index >= 15 is 0 Å². The summed E-state index contributed by atoms with van der Waals surface area (Å²) in [5.74, 6) is 2.39. The number of hydrogen-bond donors (Lipinski definition) is 1. The number of nitrogens with two attached hydrogens (primary N) is 1. The summed E-state index contributed by atoms with van der Waals surface area (Å²) in [6.45, 7) is 5.03. The van der Waals surface area contributed by atoms with Gasteiger partial charge in [-0.05, 0) is 49.3 Å². The molecule has 0 aromatic heterocycles. The standard InChI is InChI=1S/C16H24BrNO/c1-3-19-13-8-9-14(15(17)10-13)16(18)12-6-4-11(2)5-7-12/h8-12,16H,3-7,18H2,1-2H3. The first kappa shape index (κ1) is 14.9. The van der Waals surface area contributed by atoms with Crippen molar-refractivity contribution in [1.82, 2.24) is 0 Å². The number of halogens is 1. The van der Waals surface area contributed by atoms with E-state index < -0.39 is 0 Å². The van der Waals surface area contributed by atoms with Crippen LogP contribution in [0.5, 0.6) is 5.75 Å². The van der Waals surface area contributed by atoms with Gasteiger partial charge in [-0.15, -0.1) is 0 Å². The van der Waals surface area contributed by atoms with Crippen LogP contribution in [-0.2, 0) is 0 Å². The quantitative estimate of drug-likeness (QED) is 0.872. The molecule has 0 spiro atoms. The summed E-state index contributed by atoms with van der Waals surface area (Å²) in [7, 11) is 0. The molecule has 19 heavy (non-hydrogen) atoms. The third-order valence-corrected chi connectivity index (χ3v) is 4.90. The van der Waals surface area contributed by atoms with E-state index in [1.165, 1.54) is 31.2 Å². The molecular weight excluding hydrogens is 302 g/mol. The molecule has 1 aliphatic carbocycles. The van der Waals surface area contributed by atoms with Gasteiger partial charge in [0.15, 0.2) is 0 Å². The lowest BCUT2D eigenvalue weighted by Gasteiger charge is -2.31. The van der Waals surface area contributed by atoms with Gasteiger partial charge in [-0.1, -0.05) is 41.8 Å². The average Bonchev–Trinajstić information content (AvgIpc) is 2.39. The molecule has 1 aromatic carbocycles. The molecule has 0 radical (unpaired) electrons. The molecule has 0 saturated heterocycles. The first-order chi connectivity index (χ1) is 9.11. The summed E-state index contributed by atoms with van der Waals surface area (Å²) in [6.07, 6.45) is 5.13. The third-order valence-electron chi connectivity index (χ3n) is 4.21. The predicted octanol–water partition coefficient (Wildman–Crippen LogP) is 4.67. The van der Waals surface area contributed by atoms with Crippen molar-refractivity contribution >= 4 is 15.9 Å². The molecule has 1 aliphatic rings. The number of benzene rings is 1. The number of rotatable bonds is 4. The molecule has 106 valence electrons. The summed E-state index contributed by atoms with van der Waals surface area (Å²) in [5, 5.41) is 0. The van der Waals surface area contributed by atoms with Crippen LogP contribution in [0.2, 0.25) is 0 Å². The highest BCUT2D eigenvalue weighted by Crippen LogP contribution is 2.38. The normalized spacial score (nSPS) is 25.1. The Hall–Kier alpha value is -0.540. The van der Waals surface area contributed by atoms with Crippen LogP contribution in [0.4, 0.5) is 0 Å². The molecule has 0 aliphatic heterocycles. The maximum Gasteiger partial charge on any atom is 0.120 e. The van der Waals surface area contributed by atoms with Gasteiger partial charge < -0.3 is 10.5 Å². The molecule has 2 nitrogen and oxygen atoms in total. The molecule has 0 bridgehead atoms. The second-order valence-corrected chi connectivity index (χ2v) is 6.52. The Balaban J connectivity index is 2.08. The van der Waals surface area contributed by atoms with Gasteiger partial charge in [-0.3, -0.25) is 0 Å². The van der Waals surface area contributed by atoms with Crippen LogP contribution in [-0.4, -0.2) is 6.61 Å². The van der Waals surface area contributed by atoms with Crippen molar-refractivity contribution in [3.05, 3.63) is 28.2 Å². The Labute approximate surface area is 124 Å². The van der Waals surface area contributed by atoms with Gasteiger partial charge in [0.1, 0.15) is 5.75 Å². The second kappa shape index (κ2) is 6.76. The topological polar surface area (TPSA) is 35.2 Å². The van der Waals surface area contributed by atoms with Crippen LogP contribution < -0.4 is 10.5 Å². The van der Waals surface area contributed by atoms with Crippen molar-refractivity contribution in [2.75, 3.05) is 6.61 Å². The van der Waals surface area contributed by atoms with Crippen LogP contribution in [0, 0.1) is 11.8 Å². The highest BCUT2D eigenvalue weighted by molar-refractivity contribution is 9.10. The van der Waals surface area contributed by atoms with E-state index in [2.05, 4.69) is 28.9 Å². The van der Waals surface area contributed by atoms with E-state index in [0.29, 0.717) is 12.5 Å². The molecule has 3 heteroatoms. The van der Waals surface area contributed by atoms with E-state index in [9.17, 15) is 0 Å². The number of ether oxygens (including phenoxy) is 1. The smallest absolute Gasteiger partial charge is 0.120 e. The SMILES string of the molecule is CCOc1ccc(C(N)C2CCC(C)CC2)c(Br)c1. The van der Waals surface area contributed by atoms with Crippen molar-refractivity contribution < 1.29 is 4.74 Å². The Morgan fingerprint density at radius 1 is 1.32 bits per heavy atom. The summed E-state index contributed by atoms with van der Waals surface area (Å²) in [6, 6.07) is 6.30. The molecule has 1 atom stereocenters. The van der Waals surface area contributed by atoms with Gasteiger partial charge in [0.05, 0.1) is 6.61 Å². The first-order valence-corrected chi connectivity index (χ1v) is 8.09. The van der Waals surface area contributed by atoms with E-state index in [1.807, 2.05) is 19.1 Å². The van der Waals surface area contributed by atoms with Gasteiger partial charge in [0.25, 0.3) is 0 Å². The maximum absolute atomic E-state index is 6.47. The van der Waals surface area contributed by atoms with Gasteiger partial charge in [0.2, 0.25) is 0 Å². The maximum atomic E-state index is 6.47. The third kappa shape index (κ3) is 3.73. The molecule has 1 aromatic rings. The molecule has 2 N–H and O–H groups in total. The lowest BCUT2D eigenvalue weighted by atomic mass is 9.78. The highest BCUT2D eigenvalue weighted by atomic mass is 79.9. The Morgan fingerprint density at radius 3 is 2.58 bits per heavy atom. The van der Waals surface area contributed by atoms with E-state index in [-0.39, 0.29) is 6.04 Å². The van der Waals surface area contributed by atoms with Crippen LogP contribution in [0.25, 0.3) is 0 Å². The Bertz CT molecular complexity index is 413. The van der Waals surface area contributed by atoms with Crippen molar-refractivity contribution in [1.29, 1.82) is 0 Å². The van der Waals surface area contributed by atoms with Crippen LogP contribution in [0.3, 0.4) is 0 Å². The Morgan fingerprint density at radius 2 is 2.00 bits per heavy atom. The van der Waals surface area contributed by atoms with Gasteiger partial charge >= 0.3 is 0 Å². The minimum absolute atomic E-state index is 0.137. The van der Waals surface area contributed by atoms with E-state index in [1.54, 1.807) is 0 Å². The average molecular weight is 326 g/mol. The van der Waals surface area contributed by atoms with Crippen LogP contribution in [0.1, 0.15) is 51.1 Å². The Kier molecular flexibility index (Phi) is 5.28. The van der Waals surface area contributed by atoms with Crippen molar-refractivity contribution in [2.24, 2.45) is 17.6 Å². The zero-order valence-electron chi connectivity index (χ0n) is 11.9. The highest BCUT2D eigenvalue weighted by Gasteiger charge is 2.25. The summed E-state index contributed by atoms with van der Waals surface area (Å²) in [4.78, 5) is 0. The fourth-order valence-corrected chi connectivity index (χ4v) is 3.56. The lowest BCUT2D eigenvalue weighted by Crippen LogP contribution is -2.25. The van der Waals surface area contributed by atoms with Crippen molar-refractivity contribution in [3.63, 3.8) is 0 Å². The second-order valence-electron chi connectivity index (χ2n) is 5.66. The molecule has 1 unspecified atom stereocenters. The summed E-state index contributed by atoms with van der Waals surface area (Å²) < 4.78 is 6.58. The van der Waals surface area contributed by atoms with Crippen LogP contribution >= 0.6 is 15.9 Å². The minimum atomic E-state index is 0.137. The molecular formula is C16H24BrNO.